The highest BCUT2D eigenvalue weighted by atomic mass is 16.2. The number of fused-ring (bicyclic) bond motifs is 1. The standard InChI is InChI=1S/C24H31N5O/c1-18(2)21-8-6-7-19(3)24(21)26-23(30)17-28-13-11-27(12-14-28)15-20-16-29-10-5-4-9-22(29)25-20/h4-10,16,18H,11-15,17H2,1-3H3,(H,26,30). The largest absolute Gasteiger partial charge is 0.324 e. The molecule has 0 bridgehead atoms. The number of imidazole rings is 1. The van der Waals surface area contributed by atoms with Gasteiger partial charge in [0, 0.05) is 50.8 Å². The van der Waals surface area contributed by atoms with Crippen LogP contribution in [0, 0.1) is 6.92 Å². The molecule has 0 spiro atoms. The zero-order chi connectivity index (χ0) is 21.1. The number of carbonyl (C=O) groups is 1. The van der Waals surface area contributed by atoms with Crippen molar-refractivity contribution in [3.05, 3.63) is 65.6 Å². The molecule has 1 N–H and O–H groups in total. The molecule has 0 saturated carbocycles. The van der Waals surface area contributed by atoms with E-state index in [2.05, 4.69) is 64.7 Å². The SMILES string of the molecule is Cc1cccc(C(C)C)c1NC(=O)CN1CCN(Cc2cn3ccccc3n2)CC1. The third kappa shape index (κ3) is 4.71. The van der Waals surface area contributed by atoms with Crippen molar-refractivity contribution in [2.24, 2.45) is 0 Å². The van der Waals surface area contributed by atoms with Crippen molar-refractivity contribution >= 4 is 17.2 Å². The molecule has 0 aliphatic carbocycles. The van der Waals surface area contributed by atoms with Crippen molar-refractivity contribution in [2.45, 2.75) is 33.2 Å². The van der Waals surface area contributed by atoms with Gasteiger partial charge in [-0.1, -0.05) is 38.1 Å². The number of benzene rings is 1. The molecule has 4 rings (SSSR count). The first-order chi connectivity index (χ1) is 14.5. The molecule has 6 nitrogen and oxygen atoms in total. The molecule has 158 valence electrons. The highest BCUT2D eigenvalue weighted by molar-refractivity contribution is 5.94. The maximum absolute atomic E-state index is 12.7. The van der Waals surface area contributed by atoms with Crippen molar-refractivity contribution in [2.75, 3.05) is 38.0 Å². The molecule has 1 saturated heterocycles. The first-order valence-corrected chi connectivity index (χ1v) is 10.8. The number of hydrogen-bond donors (Lipinski definition) is 1. The summed E-state index contributed by atoms with van der Waals surface area (Å²) in [5.41, 5.74) is 5.36. The molecule has 0 atom stereocenters. The summed E-state index contributed by atoms with van der Waals surface area (Å²) in [5, 5.41) is 3.17. The second-order valence-corrected chi connectivity index (χ2v) is 8.49. The van der Waals surface area contributed by atoms with E-state index in [1.807, 2.05) is 24.4 Å². The lowest BCUT2D eigenvalue weighted by atomic mass is 9.98. The van der Waals surface area contributed by atoms with Gasteiger partial charge in [-0.3, -0.25) is 14.6 Å². The molecule has 1 amide bonds. The lowest BCUT2D eigenvalue weighted by Gasteiger charge is -2.34. The van der Waals surface area contributed by atoms with Crippen molar-refractivity contribution in [3.63, 3.8) is 0 Å². The zero-order valence-electron chi connectivity index (χ0n) is 18.1. The van der Waals surface area contributed by atoms with Crippen molar-refractivity contribution in [1.82, 2.24) is 19.2 Å². The van der Waals surface area contributed by atoms with Gasteiger partial charge in [0.2, 0.25) is 5.91 Å². The van der Waals surface area contributed by atoms with Gasteiger partial charge in [0.1, 0.15) is 5.65 Å². The number of piperazine rings is 1. The monoisotopic (exact) mass is 405 g/mol. The first-order valence-electron chi connectivity index (χ1n) is 10.8. The highest BCUT2D eigenvalue weighted by Crippen LogP contribution is 2.27. The Morgan fingerprint density at radius 1 is 1.07 bits per heavy atom. The van der Waals surface area contributed by atoms with Crippen LogP contribution in [0.15, 0.2) is 48.8 Å². The fraction of sp³-hybridized carbons (Fsp3) is 0.417. The molecule has 1 aromatic carbocycles. The summed E-state index contributed by atoms with van der Waals surface area (Å²) in [6.45, 7) is 11.3. The van der Waals surface area contributed by atoms with Gasteiger partial charge in [0.15, 0.2) is 0 Å². The minimum Gasteiger partial charge on any atom is -0.324 e. The van der Waals surface area contributed by atoms with Crippen molar-refractivity contribution < 1.29 is 4.79 Å². The summed E-state index contributed by atoms with van der Waals surface area (Å²) in [6, 6.07) is 12.3. The number of nitrogens with zero attached hydrogens (tertiary/aromatic N) is 4. The van der Waals surface area contributed by atoms with E-state index in [1.165, 1.54) is 5.56 Å². The fourth-order valence-corrected chi connectivity index (χ4v) is 4.12. The number of rotatable bonds is 6. The topological polar surface area (TPSA) is 52.9 Å². The van der Waals surface area contributed by atoms with Crippen LogP contribution in [-0.4, -0.2) is 57.8 Å². The van der Waals surface area contributed by atoms with E-state index in [-0.39, 0.29) is 5.91 Å². The lowest BCUT2D eigenvalue weighted by molar-refractivity contribution is -0.117. The Kier molecular flexibility index (Phi) is 6.16. The van der Waals surface area contributed by atoms with Gasteiger partial charge in [0.05, 0.1) is 12.2 Å². The Morgan fingerprint density at radius 2 is 1.83 bits per heavy atom. The number of carbonyl (C=O) groups excluding carboxylic acids is 1. The second-order valence-electron chi connectivity index (χ2n) is 8.49. The fourth-order valence-electron chi connectivity index (χ4n) is 4.12. The summed E-state index contributed by atoms with van der Waals surface area (Å²) in [5.74, 6) is 0.448. The number of para-hydroxylation sites is 1. The smallest absolute Gasteiger partial charge is 0.238 e. The number of anilines is 1. The molecule has 3 heterocycles. The van der Waals surface area contributed by atoms with Gasteiger partial charge < -0.3 is 9.72 Å². The molecule has 1 aliphatic rings. The van der Waals surface area contributed by atoms with E-state index in [4.69, 9.17) is 4.98 Å². The molecule has 2 aromatic heterocycles. The first kappa shape index (κ1) is 20.6. The van der Waals surface area contributed by atoms with Gasteiger partial charge in [-0.15, -0.1) is 0 Å². The Morgan fingerprint density at radius 3 is 2.57 bits per heavy atom. The van der Waals surface area contributed by atoms with Crippen LogP contribution in [0.25, 0.3) is 5.65 Å². The summed E-state index contributed by atoms with van der Waals surface area (Å²) in [4.78, 5) is 22.0. The Bertz CT molecular complexity index is 984. The quantitative estimate of drug-likeness (QED) is 0.682. The van der Waals surface area contributed by atoms with Gasteiger partial charge >= 0.3 is 0 Å². The molecule has 3 aromatic rings. The van der Waals surface area contributed by atoms with Crippen LogP contribution in [0.5, 0.6) is 0 Å². The Labute approximate surface area is 178 Å². The summed E-state index contributed by atoms with van der Waals surface area (Å²) >= 11 is 0. The van der Waals surface area contributed by atoms with E-state index in [0.29, 0.717) is 12.5 Å². The molecule has 1 aliphatic heterocycles. The van der Waals surface area contributed by atoms with Gasteiger partial charge in [-0.05, 0) is 36.1 Å². The Balaban J connectivity index is 1.29. The molecule has 6 heteroatoms. The third-order valence-corrected chi connectivity index (χ3v) is 5.82. The van der Waals surface area contributed by atoms with Crippen LogP contribution in [0.1, 0.15) is 36.6 Å². The van der Waals surface area contributed by atoms with Gasteiger partial charge in [0.25, 0.3) is 0 Å². The average Bonchev–Trinajstić information content (AvgIpc) is 3.13. The van der Waals surface area contributed by atoms with Crippen LogP contribution in [-0.2, 0) is 11.3 Å². The molecule has 1 fully saturated rings. The number of aryl methyl sites for hydroxylation is 1. The van der Waals surface area contributed by atoms with Crippen LogP contribution >= 0.6 is 0 Å². The number of hydrogen-bond acceptors (Lipinski definition) is 4. The van der Waals surface area contributed by atoms with E-state index in [0.717, 1.165) is 55.3 Å². The van der Waals surface area contributed by atoms with E-state index in [9.17, 15) is 4.79 Å². The van der Waals surface area contributed by atoms with Gasteiger partial charge in [-0.2, -0.15) is 0 Å². The van der Waals surface area contributed by atoms with E-state index in [1.54, 1.807) is 0 Å². The predicted octanol–water partition coefficient (Wildman–Crippen LogP) is 3.52. The van der Waals surface area contributed by atoms with Crippen LogP contribution in [0.3, 0.4) is 0 Å². The number of nitrogens with one attached hydrogen (secondary N) is 1. The zero-order valence-corrected chi connectivity index (χ0v) is 18.1. The normalized spacial score (nSPS) is 15.7. The third-order valence-electron chi connectivity index (χ3n) is 5.82. The van der Waals surface area contributed by atoms with E-state index < -0.39 is 0 Å². The van der Waals surface area contributed by atoms with Crippen molar-refractivity contribution in [3.8, 4) is 0 Å². The number of amides is 1. The molecular weight excluding hydrogens is 374 g/mol. The maximum atomic E-state index is 12.7. The molecule has 0 unspecified atom stereocenters. The summed E-state index contributed by atoms with van der Waals surface area (Å²) < 4.78 is 2.06. The average molecular weight is 406 g/mol. The minimum atomic E-state index is 0.0694. The lowest BCUT2D eigenvalue weighted by Crippen LogP contribution is -2.48. The van der Waals surface area contributed by atoms with Crippen LogP contribution in [0.4, 0.5) is 5.69 Å². The number of aromatic nitrogens is 2. The van der Waals surface area contributed by atoms with Crippen LogP contribution in [0.2, 0.25) is 0 Å². The van der Waals surface area contributed by atoms with E-state index >= 15 is 0 Å². The van der Waals surface area contributed by atoms with Crippen LogP contribution < -0.4 is 5.32 Å². The van der Waals surface area contributed by atoms with Crippen molar-refractivity contribution in [1.29, 1.82) is 0 Å². The predicted molar refractivity (Wildman–Crippen MR) is 121 cm³/mol. The highest BCUT2D eigenvalue weighted by Gasteiger charge is 2.21. The summed E-state index contributed by atoms with van der Waals surface area (Å²) in [7, 11) is 0. The second kappa shape index (κ2) is 8.98. The number of pyridine rings is 1. The van der Waals surface area contributed by atoms with Gasteiger partial charge in [-0.25, -0.2) is 4.98 Å². The molecule has 30 heavy (non-hydrogen) atoms. The molecule has 0 radical (unpaired) electrons. The molecular formula is C24H31N5O. The maximum Gasteiger partial charge on any atom is 0.238 e. The summed E-state index contributed by atoms with van der Waals surface area (Å²) in [6.07, 6.45) is 4.13. The minimum absolute atomic E-state index is 0.0694. The Hall–Kier alpha value is -2.70.